The molecule has 6 heteroatoms. The van der Waals surface area contributed by atoms with Gasteiger partial charge in [-0.25, -0.2) is 4.98 Å². The number of carbonyl (C=O) groups is 1. The minimum absolute atomic E-state index is 0.0160. The van der Waals surface area contributed by atoms with E-state index in [2.05, 4.69) is 16.9 Å². The molecule has 0 aliphatic heterocycles. The summed E-state index contributed by atoms with van der Waals surface area (Å²) in [6.45, 7) is 3.93. The lowest BCUT2D eigenvalue weighted by molar-refractivity contribution is -0.142. The number of rotatable bonds is 5. The average Bonchev–Trinajstić information content (AvgIpc) is 2.37. The summed E-state index contributed by atoms with van der Waals surface area (Å²) in [5.74, 6) is -0.508. The molecule has 5 nitrogen and oxygen atoms in total. The van der Waals surface area contributed by atoms with E-state index in [1.807, 2.05) is 0 Å². The number of thioether (sulfide) groups is 1. The number of hydrogen-bond donors (Lipinski definition) is 2. The zero-order chi connectivity index (χ0) is 15.4. The third kappa shape index (κ3) is 4.33. The van der Waals surface area contributed by atoms with Crippen molar-refractivity contribution in [2.75, 3.05) is 0 Å². The van der Waals surface area contributed by atoms with E-state index in [0.717, 1.165) is 25.7 Å². The maximum Gasteiger partial charge on any atom is 0.307 e. The molecule has 1 heterocycles. The minimum Gasteiger partial charge on any atom is -0.481 e. The van der Waals surface area contributed by atoms with Gasteiger partial charge >= 0.3 is 5.97 Å². The molecule has 0 bridgehead atoms. The number of aromatic amines is 1. The molecular formula is C15H22N2O3S. The molecule has 0 saturated heterocycles. The predicted molar refractivity (Wildman–Crippen MR) is 82.6 cm³/mol. The van der Waals surface area contributed by atoms with Crippen molar-refractivity contribution < 1.29 is 9.90 Å². The fraction of sp³-hybridized carbons (Fsp3) is 0.667. The predicted octanol–water partition coefficient (Wildman–Crippen LogP) is 2.84. The minimum atomic E-state index is -0.738. The van der Waals surface area contributed by atoms with Gasteiger partial charge in [-0.05, 0) is 32.1 Å². The largest absolute Gasteiger partial charge is 0.481 e. The van der Waals surface area contributed by atoms with Crippen LogP contribution in [0.25, 0.3) is 0 Å². The Kier molecular flexibility index (Phi) is 5.45. The number of hydrogen-bond acceptors (Lipinski definition) is 4. The molecule has 1 aliphatic carbocycles. The summed E-state index contributed by atoms with van der Waals surface area (Å²) in [6.07, 6.45) is 4.85. The molecule has 1 fully saturated rings. The van der Waals surface area contributed by atoms with Gasteiger partial charge in [-0.15, -0.1) is 0 Å². The summed E-state index contributed by atoms with van der Waals surface area (Å²) in [6, 6.07) is 1.44. The molecule has 1 aromatic heterocycles. The van der Waals surface area contributed by atoms with Gasteiger partial charge in [0.1, 0.15) is 0 Å². The molecule has 1 aromatic rings. The van der Waals surface area contributed by atoms with Crippen molar-refractivity contribution in [3.8, 4) is 0 Å². The second-order valence-corrected chi connectivity index (χ2v) is 6.99. The number of carboxylic acid groups (broad SMARTS) is 1. The summed E-state index contributed by atoms with van der Waals surface area (Å²) in [5.41, 5.74) is 0.479. The summed E-state index contributed by atoms with van der Waals surface area (Å²) >= 11 is 1.41. The molecule has 3 atom stereocenters. The first-order valence-electron chi connectivity index (χ1n) is 7.47. The third-order valence-corrected chi connectivity index (χ3v) is 5.27. The molecule has 21 heavy (non-hydrogen) atoms. The normalized spacial score (nSPS) is 25.7. The van der Waals surface area contributed by atoms with Crippen LogP contribution < -0.4 is 5.56 Å². The van der Waals surface area contributed by atoms with Crippen molar-refractivity contribution in [1.29, 1.82) is 0 Å². The first-order valence-corrected chi connectivity index (χ1v) is 8.35. The van der Waals surface area contributed by atoms with Crippen LogP contribution in [-0.2, 0) is 4.79 Å². The SMILES string of the molecule is CCCC1CCC(C(=O)O)C(Sc2nc(C)cc(=O)[nH]2)C1. The van der Waals surface area contributed by atoms with E-state index >= 15 is 0 Å². The summed E-state index contributed by atoms with van der Waals surface area (Å²) in [7, 11) is 0. The van der Waals surface area contributed by atoms with Crippen LogP contribution in [0.3, 0.4) is 0 Å². The van der Waals surface area contributed by atoms with Crippen LogP contribution >= 0.6 is 11.8 Å². The van der Waals surface area contributed by atoms with Crippen molar-refractivity contribution in [2.45, 2.75) is 56.4 Å². The smallest absolute Gasteiger partial charge is 0.307 e. The van der Waals surface area contributed by atoms with Crippen LogP contribution in [-0.4, -0.2) is 26.3 Å². The number of aliphatic carboxylic acids is 1. The Hall–Kier alpha value is -1.30. The Morgan fingerprint density at radius 3 is 2.90 bits per heavy atom. The molecule has 1 aliphatic rings. The van der Waals surface area contributed by atoms with E-state index < -0.39 is 5.97 Å². The van der Waals surface area contributed by atoms with E-state index in [0.29, 0.717) is 23.2 Å². The Bertz CT molecular complexity index is 558. The monoisotopic (exact) mass is 310 g/mol. The number of nitrogens with zero attached hydrogens (tertiary/aromatic N) is 1. The quantitative estimate of drug-likeness (QED) is 0.817. The van der Waals surface area contributed by atoms with Crippen LogP contribution in [0, 0.1) is 18.8 Å². The fourth-order valence-corrected chi connectivity index (χ4v) is 4.47. The molecule has 116 valence electrons. The third-order valence-electron chi connectivity index (χ3n) is 4.03. The molecule has 2 rings (SSSR count). The zero-order valence-electron chi connectivity index (χ0n) is 12.5. The average molecular weight is 310 g/mol. The van der Waals surface area contributed by atoms with Gasteiger partial charge in [0.15, 0.2) is 5.16 Å². The number of nitrogens with one attached hydrogen (secondary N) is 1. The highest BCUT2D eigenvalue weighted by Gasteiger charge is 2.35. The van der Waals surface area contributed by atoms with Gasteiger partial charge < -0.3 is 10.1 Å². The van der Waals surface area contributed by atoms with Gasteiger partial charge in [0.2, 0.25) is 0 Å². The van der Waals surface area contributed by atoms with Crippen LogP contribution in [0.15, 0.2) is 16.0 Å². The van der Waals surface area contributed by atoms with Gasteiger partial charge in [0.25, 0.3) is 5.56 Å². The van der Waals surface area contributed by atoms with Crippen molar-refractivity contribution >= 4 is 17.7 Å². The second-order valence-electron chi connectivity index (χ2n) is 5.76. The highest BCUT2D eigenvalue weighted by Crippen LogP contribution is 2.40. The molecule has 0 spiro atoms. The van der Waals surface area contributed by atoms with Gasteiger partial charge in [-0.1, -0.05) is 31.5 Å². The fourth-order valence-electron chi connectivity index (χ4n) is 3.05. The topological polar surface area (TPSA) is 83.0 Å². The van der Waals surface area contributed by atoms with E-state index in [9.17, 15) is 14.7 Å². The van der Waals surface area contributed by atoms with E-state index in [1.165, 1.54) is 17.8 Å². The standard InChI is InChI=1S/C15H22N2O3S/c1-3-4-10-5-6-11(14(19)20)12(8-10)21-15-16-9(2)7-13(18)17-15/h7,10-12H,3-6,8H2,1-2H3,(H,19,20)(H,16,17,18). The summed E-state index contributed by atoms with van der Waals surface area (Å²) in [5, 5.41) is 9.93. The van der Waals surface area contributed by atoms with E-state index in [-0.39, 0.29) is 16.7 Å². The summed E-state index contributed by atoms with van der Waals surface area (Å²) < 4.78 is 0. The van der Waals surface area contributed by atoms with Crippen LogP contribution in [0.2, 0.25) is 0 Å². The molecule has 1 saturated carbocycles. The lowest BCUT2D eigenvalue weighted by Gasteiger charge is -2.33. The Morgan fingerprint density at radius 1 is 1.52 bits per heavy atom. The van der Waals surface area contributed by atoms with Gasteiger partial charge in [-0.3, -0.25) is 9.59 Å². The Morgan fingerprint density at radius 2 is 2.29 bits per heavy atom. The lowest BCUT2D eigenvalue weighted by atomic mass is 9.80. The van der Waals surface area contributed by atoms with Crippen LogP contribution in [0.5, 0.6) is 0 Å². The molecule has 0 aromatic carbocycles. The van der Waals surface area contributed by atoms with Crippen molar-refractivity contribution in [1.82, 2.24) is 9.97 Å². The number of carboxylic acids is 1. The highest BCUT2D eigenvalue weighted by atomic mass is 32.2. The van der Waals surface area contributed by atoms with Crippen LogP contribution in [0.4, 0.5) is 0 Å². The maximum absolute atomic E-state index is 11.5. The number of aryl methyl sites for hydroxylation is 1. The van der Waals surface area contributed by atoms with E-state index in [1.54, 1.807) is 6.92 Å². The van der Waals surface area contributed by atoms with Crippen molar-refractivity contribution in [3.05, 3.63) is 22.1 Å². The molecular weight excluding hydrogens is 288 g/mol. The van der Waals surface area contributed by atoms with Crippen molar-refractivity contribution in [3.63, 3.8) is 0 Å². The first kappa shape index (κ1) is 16.1. The van der Waals surface area contributed by atoms with E-state index in [4.69, 9.17) is 0 Å². The summed E-state index contributed by atoms with van der Waals surface area (Å²) in [4.78, 5) is 30.0. The van der Waals surface area contributed by atoms with Gasteiger partial charge in [0.05, 0.1) is 5.92 Å². The second kappa shape index (κ2) is 7.11. The van der Waals surface area contributed by atoms with Gasteiger partial charge in [-0.2, -0.15) is 0 Å². The maximum atomic E-state index is 11.5. The first-order chi connectivity index (χ1) is 9.99. The highest BCUT2D eigenvalue weighted by molar-refractivity contribution is 7.99. The lowest BCUT2D eigenvalue weighted by Crippen LogP contribution is -2.33. The van der Waals surface area contributed by atoms with Crippen molar-refractivity contribution in [2.24, 2.45) is 11.8 Å². The Balaban J connectivity index is 2.15. The number of H-pyrrole nitrogens is 1. The molecule has 2 N–H and O–H groups in total. The van der Waals surface area contributed by atoms with Gasteiger partial charge in [0, 0.05) is 17.0 Å². The zero-order valence-corrected chi connectivity index (χ0v) is 13.3. The molecule has 3 unspecified atom stereocenters. The molecule has 0 radical (unpaired) electrons. The molecule has 0 amide bonds. The van der Waals surface area contributed by atoms with Crippen LogP contribution in [0.1, 0.15) is 44.7 Å². The number of aromatic nitrogens is 2. The Labute approximate surface area is 128 Å².